The van der Waals surface area contributed by atoms with Gasteiger partial charge in [-0.1, -0.05) is 5.10 Å². The SMILES string of the molecule is ClCCc1nnc(NCCc2ccncc2)o1. The summed E-state index contributed by atoms with van der Waals surface area (Å²) in [5.74, 6) is 1.05. The van der Waals surface area contributed by atoms with Gasteiger partial charge in [0.2, 0.25) is 5.89 Å². The first-order chi connectivity index (χ1) is 8.38. The quantitative estimate of drug-likeness (QED) is 0.796. The molecule has 0 bridgehead atoms. The number of alkyl halides is 1. The highest BCUT2D eigenvalue weighted by molar-refractivity contribution is 6.17. The number of rotatable bonds is 6. The first kappa shape index (κ1) is 11.9. The first-order valence-corrected chi connectivity index (χ1v) is 5.93. The summed E-state index contributed by atoms with van der Waals surface area (Å²) >= 11 is 5.58. The van der Waals surface area contributed by atoms with E-state index in [9.17, 15) is 0 Å². The van der Waals surface area contributed by atoms with Crippen molar-refractivity contribution in [1.29, 1.82) is 0 Å². The van der Waals surface area contributed by atoms with Crippen LogP contribution in [0, 0.1) is 0 Å². The molecule has 5 nitrogen and oxygen atoms in total. The smallest absolute Gasteiger partial charge is 0.315 e. The van der Waals surface area contributed by atoms with Gasteiger partial charge in [0.25, 0.3) is 0 Å². The highest BCUT2D eigenvalue weighted by Gasteiger charge is 2.04. The number of hydrogen-bond donors (Lipinski definition) is 1. The Kier molecular flexibility index (Phi) is 4.32. The zero-order valence-electron chi connectivity index (χ0n) is 9.27. The molecule has 0 aromatic carbocycles. The molecule has 2 rings (SSSR count). The highest BCUT2D eigenvalue weighted by atomic mass is 35.5. The number of nitrogens with one attached hydrogen (secondary N) is 1. The fraction of sp³-hybridized carbons (Fsp3) is 0.364. The van der Waals surface area contributed by atoms with Gasteiger partial charge in [-0.3, -0.25) is 4.98 Å². The van der Waals surface area contributed by atoms with Crippen LogP contribution in [0.3, 0.4) is 0 Å². The summed E-state index contributed by atoms with van der Waals surface area (Å²) in [5, 5.41) is 10.8. The monoisotopic (exact) mass is 252 g/mol. The largest absolute Gasteiger partial charge is 0.408 e. The summed E-state index contributed by atoms with van der Waals surface area (Å²) in [6, 6.07) is 4.40. The molecule has 0 aliphatic rings. The summed E-state index contributed by atoms with van der Waals surface area (Å²) in [6.07, 6.45) is 5.04. The Morgan fingerprint density at radius 1 is 1.18 bits per heavy atom. The second-order valence-corrected chi connectivity index (χ2v) is 3.85. The lowest BCUT2D eigenvalue weighted by atomic mass is 10.2. The highest BCUT2D eigenvalue weighted by Crippen LogP contribution is 2.07. The van der Waals surface area contributed by atoms with Crippen LogP contribution in [0.4, 0.5) is 6.01 Å². The topological polar surface area (TPSA) is 63.8 Å². The molecular formula is C11H13ClN4O. The normalized spacial score (nSPS) is 10.4. The fourth-order valence-electron chi connectivity index (χ4n) is 1.37. The van der Waals surface area contributed by atoms with Gasteiger partial charge in [0, 0.05) is 31.2 Å². The van der Waals surface area contributed by atoms with E-state index in [1.807, 2.05) is 12.1 Å². The van der Waals surface area contributed by atoms with Crippen molar-refractivity contribution in [3.05, 3.63) is 36.0 Å². The van der Waals surface area contributed by atoms with Crippen molar-refractivity contribution in [3.63, 3.8) is 0 Å². The Bertz CT molecular complexity index is 446. The molecular weight excluding hydrogens is 240 g/mol. The average Bonchev–Trinajstić information content (AvgIpc) is 2.79. The molecule has 0 fully saturated rings. The molecule has 0 aliphatic heterocycles. The van der Waals surface area contributed by atoms with Crippen LogP contribution >= 0.6 is 11.6 Å². The van der Waals surface area contributed by atoms with E-state index in [0.29, 0.717) is 24.2 Å². The summed E-state index contributed by atoms with van der Waals surface area (Å²) in [6.45, 7) is 0.743. The van der Waals surface area contributed by atoms with Crippen molar-refractivity contribution in [3.8, 4) is 0 Å². The zero-order valence-corrected chi connectivity index (χ0v) is 10.0. The maximum absolute atomic E-state index is 5.58. The van der Waals surface area contributed by atoms with E-state index in [4.69, 9.17) is 16.0 Å². The number of aromatic nitrogens is 3. The molecule has 6 heteroatoms. The van der Waals surface area contributed by atoms with E-state index < -0.39 is 0 Å². The third-order valence-corrected chi connectivity index (χ3v) is 2.40. The number of aryl methyl sites for hydroxylation is 1. The number of halogens is 1. The van der Waals surface area contributed by atoms with Crippen LogP contribution < -0.4 is 5.32 Å². The van der Waals surface area contributed by atoms with Crippen molar-refractivity contribution < 1.29 is 4.42 Å². The summed E-state index contributed by atoms with van der Waals surface area (Å²) in [5.41, 5.74) is 1.22. The van der Waals surface area contributed by atoms with E-state index in [-0.39, 0.29) is 0 Å². The lowest BCUT2D eigenvalue weighted by molar-refractivity contribution is 0.512. The zero-order chi connectivity index (χ0) is 11.9. The van der Waals surface area contributed by atoms with Crippen LogP contribution in [-0.4, -0.2) is 27.6 Å². The van der Waals surface area contributed by atoms with Crippen LogP contribution in [0.1, 0.15) is 11.5 Å². The number of hydrogen-bond acceptors (Lipinski definition) is 5. The van der Waals surface area contributed by atoms with E-state index in [1.165, 1.54) is 5.56 Å². The van der Waals surface area contributed by atoms with Crippen molar-refractivity contribution in [2.45, 2.75) is 12.8 Å². The van der Waals surface area contributed by atoms with Gasteiger partial charge in [0.05, 0.1) is 0 Å². The Labute approximate surface area is 104 Å². The first-order valence-electron chi connectivity index (χ1n) is 5.39. The molecule has 0 atom stereocenters. The van der Waals surface area contributed by atoms with E-state index in [2.05, 4.69) is 20.5 Å². The van der Waals surface area contributed by atoms with Crippen LogP contribution in [0.25, 0.3) is 0 Å². The third-order valence-electron chi connectivity index (χ3n) is 2.21. The van der Waals surface area contributed by atoms with E-state index in [0.717, 1.165) is 13.0 Å². The van der Waals surface area contributed by atoms with Crippen LogP contribution in [-0.2, 0) is 12.8 Å². The van der Waals surface area contributed by atoms with Gasteiger partial charge in [-0.05, 0) is 24.1 Å². The summed E-state index contributed by atoms with van der Waals surface area (Å²) in [4.78, 5) is 3.96. The molecule has 2 aromatic rings. The molecule has 1 N–H and O–H groups in total. The summed E-state index contributed by atoms with van der Waals surface area (Å²) < 4.78 is 5.33. The van der Waals surface area contributed by atoms with Crippen molar-refractivity contribution in [2.75, 3.05) is 17.7 Å². The molecule has 2 aromatic heterocycles. The van der Waals surface area contributed by atoms with E-state index >= 15 is 0 Å². The van der Waals surface area contributed by atoms with Gasteiger partial charge in [-0.25, -0.2) is 0 Å². The van der Waals surface area contributed by atoms with Gasteiger partial charge in [-0.15, -0.1) is 16.7 Å². The van der Waals surface area contributed by atoms with Crippen LogP contribution in [0.15, 0.2) is 28.9 Å². The fourth-order valence-corrected chi connectivity index (χ4v) is 1.53. The molecule has 0 unspecified atom stereocenters. The molecule has 90 valence electrons. The lowest BCUT2D eigenvalue weighted by Gasteiger charge is -2.00. The Hall–Kier alpha value is -1.62. The Morgan fingerprint density at radius 2 is 2.00 bits per heavy atom. The van der Waals surface area contributed by atoms with Gasteiger partial charge >= 0.3 is 6.01 Å². The van der Waals surface area contributed by atoms with Gasteiger partial charge in [0.1, 0.15) is 0 Å². The molecule has 0 spiro atoms. The van der Waals surface area contributed by atoms with Crippen LogP contribution in [0.5, 0.6) is 0 Å². The average molecular weight is 253 g/mol. The van der Waals surface area contributed by atoms with E-state index in [1.54, 1.807) is 12.4 Å². The minimum Gasteiger partial charge on any atom is -0.408 e. The standard InChI is InChI=1S/C11H13ClN4O/c12-5-1-10-15-16-11(17-10)14-8-4-9-2-6-13-7-3-9/h2-3,6-7H,1,4-5,8H2,(H,14,16). The van der Waals surface area contributed by atoms with Gasteiger partial charge in [-0.2, -0.15) is 0 Å². The Morgan fingerprint density at radius 3 is 2.76 bits per heavy atom. The molecule has 0 saturated heterocycles. The van der Waals surface area contributed by atoms with Gasteiger partial charge < -0.3 is 9.73 Å². The minimum absolute atomic E-state index is 0.444. The molecule has 0 radical (unpaired) electrons. The summed E-state index contributed by atoms with van der Waals surface area (Å²) in [7, 11) is 0. The van der Waals surface area contributed by atoms with Crippen LogP contribution in [0.2, 0.25) is 0 Å². The number of nitrogens with zero attached hydrogens (tertiary/aromatic N) is 3. The maximum atomic E-state index is 5.58. The number of pyridine rings is 1. The second-order valence-electron chi connectivity index (χ2n) is 3.47. The number of anilines is 1. The molecule has 0 aliphatic carbocycles. The predicted molar refractivity (Wildman–Crippen MR) is 65.2 cm³/mol. The minimum atomic E-state index is 0.444. The van der Waals surface area contributed by atoms with Crippen molar-refractivity contribution >= 4 is 17.6 Å². The molecule has 17 heavy (non-hydrogen) atoms. The lowest BCUT2D eigenvalue weighted by Crippen LogP contribution is -2.04. The van der Waals surface area contributed by atoms with Crippen molar-refractivity contribution in [2.24, 2.45) is 0 Å². The van der Waals surface area contributed by atoms with Gasteiger partial charge in [0.15, 0.2) is 0 Å². The molecule has 0 amide bonds. The maximum Gasteiger partial charge on any atom is 0.315 e. The predicted octanol–water partition coefficient (Wildman–Crippen LogP) is 1.90. The molecule has 0 saturated carbocycles. The third kappa shape index (κ3) is 3.71. The molecule has 2 heterocycles. The van der Waals surface area contributed by atoms with Crippen molar-refractivity contribution in [1.82, 2.24) is 15.2 Å². The second kappa shape index (κ2) is 6.20. The Balaban J connectivity index is 1.78.